The third kappa shape index (κ3) is 9.24. The zero-order chi connectivity index (χ0) is 36.7. The van der Waals surface area contributed by atoms with Crippen molar-refractivity contribution in [3.8, 4) is 5.75 Å². The Morgan fingerprint density at radius 1 is 0.941 bits per heavy atom. The Hall–Kier alpha value is -4.52. The molecule has 4 aromatic rings. The second-order valence-electron chi connectivity index (χ2n) is 13.9. The van der Waals surface area contributed by atoms with E-state index in [-0.39, 0.29) is 42.3 Å². The van der Waals surface area contributed by atoms with Gasteiger partial charge < -0.3 is 25.0 Å². The number of carbonyl (C=O) groups excluding carboxylic acids is 2. The van der Waals surface area contributed by atoms with E-state index in [4.69, 9.17) is 4.74 Å². The lowest BCUT2D eigenvalue weighted by atomic mass is 9.97. The maximum atomic E-state index is 14.2. The first-order chi connectivity index (χ1) is 24.4. The van der Waals surface area contributed by atoms with Crippen molar-refractivity contribution in [3.63, 3.8) is 0 Å². The van der Waals surface area contributed by atoms with Gasteiger partial charge in [-0.1, -0.05) is 76.2 Å². The van der Waals surface area contributed by atoms with Crippen LogP contribution in [0.3, 0.4) is 0 Å². The predicted octanol–water partition coefficient (Wildman–Crippen LogP) is 4.94. The lowest BCUT2D eigenvalue weighted by Crippen LogP contribution is -2.57. The highest BCUT2D eigenvalue weighted by Gasteiger charge is 2.40. The molecular formula is C39H49N5O6S. The summed E-state index contributed by atoms with van der Waals surface area (Å²) < 4.78 is 34.2. The van der Waals surface area contributed by atoms with Crippen LogP contribution in [0.15, 0.2) is 96.0 Å². The lowest BCUT2D eigenvalue weighted by Gasteiger charge is -2.34. The van der Waals surface area contributed by atoms with Gasteiger partial charge in [-0.3, -0.25) is 9.78 Å². The number of nitrogens with one attached hydrogen (secondary N) is 1. The normalized spacial score (nSPS) is 15.5. The van der Waals surface area contributed by atoms with Crippen LogP contribution in [0.4, 0.5) is 4.79 Å². The number of rotatable bonds is 16. The molecule has 0 radical (unpaired) electrons. The van der Waals surface area contributed by atoms with Crippen molar-refractivity contribution in [2.45, 2.75) is 63.7 Å². The molecule has 5 rings (SSSR count). The van der Waals surface area contributed by atoms with Crippen LogP contribution in [0.5, 0.6) is 5.75 Å². The van der Waals surface area contributed by atoms with Gasteiger partial charge in [-0.2, -0.15) is 4.31 Å². The number of hydrogen-bond donors (Lipinski definition) is 2. The van der Waals surface area contributed by atoms with Crippen LogP contribution in [0, 0.1) is 11.8 Å². The third-order valence-electron chi connectivity index (χ3n) is 9.13. The topological polar surface area (TPSA) is 132 Å². The number of aromatic nitrogens is 1. The van der Waals surface area contributed by atoms with Crippen molar-refractivity contribution < 1.29 is 27.9 Å². The Bertz CT molecular complexity index is 1890. The summed E-state index contributed by atoms with van der Waals surface area (Å²) in [6, 6.07) is 23.5. The molecule has 0 unspecified atom stereocenters. The van der Waals surface area contributed by atoms with Crippen molar-refractivity contribution in [1.29, 1.82) is 0 Å². The minimum absolute atomic E-state index is 0.0350. The summed E-state index contributed by atoms with van der Waals surface area (Å²) in [5.41, 5.74) is 2.64. The molecule has 2 N–H and O–H groups in total. The van der Waals surface area contributed by atoms with Gasteiger partial charge in [0, 0.05) is 44.3 Å². The molecule has 1 fully saturated rings. The molecule has 0 aliphatic carbocycles. The molecule has 272 valence electrons. The number of benzene rings is 3. The molecule has 51 heavy (non-hydrogen) atoms. The monoisotopic (exact) mass is 715 g/mol. The van der Waals surface area contributed by atoms with Gasteiger partial charge in [0.15, 0.2) is 0 Å². The summed E-state index contributed by atoms with van der Waals surface area (Å²) >= 11 is 0. The average Bonchev–Trinajstić information content (AvgIpc) is 3.46. The van der Waals surface area contributed by atoms with Gasteiger partial charge in [0.1, 0.15) is 11.8 Å². The van der Waals surface area contributed by atoms with Gasteiger partial charge in [0.25, 0.3) is 0 Å². The number of pyridine rings is 1. The van der Waals surface area contributed by atoms with E-state index in [0.717, 1.165) is 22.0 Å². The number of para-hydroxylation sites is 1. The van der Waals surface area contributed by atoms with Gasteiger partial charge >= 0.3 is 6.03 Å². The largest absolute Gasteiger partial charge is 0.497 e. The van der Waals surface area contributed by atoms with Crippen LogP contribution < -0.4 is 10.1 Å². The molecule has 3 aromatic carbocycles. The van der Waals surface area contributed by atoms with Crippen molar-refractivity contribution >= 4 is 32.9 Å². The predicted molar refractivity (Wildman–Crippen MR) is 198 cm³/mol. The van der Waals surface area contributed by atoms with Crippen LogP contribution in [0.2, 0.25) is 0 Å². The molecule has 1 saturated heterocycles. The quantitative estimate of drug-likeness (QED) is 0.168. The second kappa shape index (κ2) is 16.7. The molecule has 2 heterocycles. The standard InChI is InChI=1S/C39H49N5O6S/c1-27(2)24-43(51(48,49)33-17-15-32(50-5)16-18-33)26-36(45)35(22-29-11-7-6-8-12-29)41-38(46)37(28(3)4)44-20-19-42(39(44)47)25-30-21-31-13-9-10-14-34(31)40-23-30/h6-18,21,23,27-28,35-37,45H,19-20,22,24-26H2,1-5H3,(H,41,46)/t35-,36-,37-/m0/s1. The van der Waals surface area contributed by atoms with Crippen LogP contribution in [0.25, 0.3) is 10.9 Å². The number of carbonyl (C=O) groups is 2. The minimum atomic E-state index is -4.00. The van der Waals surface area contributed by atoms with Gasteiger partial charge in [-0.15, -0.1) is 0 Å². The van der Waals surface area contributed by atoms with Gasteiger partial charge in [-0.25, -0.2) is 13.2 Å². The molecule has 0 spiro atoms. The van der Waals surface area contributed by atoms with Crippen molar-refractivity contribution in [1.82, 2.24) is 24.4 Å². The Morgan fingerprint density at radius 3 is 2.29 bits per heavy atom. The Balaban J connectivity index is 1.35. The highest BCUT2D eigenvalue weighted by molar-refractivity contribution is 7.89. The number of methoxy groups -OCH3 is 1. The maximum Gasteiger partial charge on any atom is 0.321 e. The Kier molecular flexibility index (Phi) is 12.3. The number of aliphatic hydroxyl groups excluding tert-OH is 1. The number of aliphatic hydroxyl groups is 1. The average molecular weight is 716 g/mol. The number of nitrogens with zero attached hydrogens (tertiary/aromatic N) is 4. The number of hydrogen-bond acceptors (Lipinski definition) is 7. The lowest BCUT2D eigenvalue weighted by molar-refractivity contribution is -0.128. The fourth-order valence-electron chi connectivity index (χ4n) is 6.56. The first-order valence-corrected chi connectivity index (χ1v) is 18.9. The zero-order valence-electron chi connectivity index (χ0n) is 30.0. The number of ether oxygens (including phenoxy) is 1. The van der Waals surface area contributed by atoms with E-state index in [2.05, 4.69) is 10.3 Å². The number of fused-ring (bicyclic) bond motifs is 1. The zero-order valence-corrected chi connectivity index (χ0v) is 30.8. The Morgan fingerprint density at radius 2 is 1.63 bits per heavy atom. The molecule has 3 atom stereocenters. The summed E-state index contributed by atoms with van der Waals surface area (Å²) in [4.78, 5) is 35.9. The van der Waals surface area contributed by atoms with Crippen molar-refractivity contribution in [2.24, 2.45) is 11.8 Å². The molecular weight excluding hydrogens is 667 g/mol. The summed E-state index contributed by atoms with van der Waals surface area (Å²) in [7, 11) is -2.49. The summed E-state index contributed by atoms with van der Waals surface area (Å²) in [5.74, 6) is -0.146. The number of sulfonamides is 1. The van der Waals surface area contributed by atoms with Gasteiger partial charge in [0.05, 0.1) is 29.7 Å². The first-order valence-electron chi connectivity index (χ1n) is 17.4. The third-order valence-corrected chi connectivity index (χ3v) is 11.0. The van der Waals surface area contributed by atoms with Crippen molar-refractivity contribution in [2.75, 3.05) is 33.3 Å². The van der Waals surface area contributed by atoms with E-state index < -0.39 is 34.1 Å². The molecule has 11 nitrogen and oxygen atoms in total. The highest BCUT2D eigenvalue weighted by Crippen LogP contribution is 2.24. The molecule has 1 aliphatic heterocycles. The molecule has 0 saturated carbocycles. The minimum Gasteiger partial charge on any atom is -0.497 e. The van der Waals surface area contributed by atoms with E-state index in [0.29, 0.717) is 25.4 Å². The van der Waals surface area contributed by atoms with E-state index in [1.165, 1.54) is 23.5 Å². The van der Waals surface area contributed by atoms with E-state index in [1.807, 2.05) is 88.4 Å². The van der Waals surface area contributed by atoms with Gasteiger partial charge in [0.2, 0.25) is 15.9 Å². The summed E-state index contributed by atoms with van der Waals surface area (Å²) in [6.45, 7) is 8.70. The SMILES string of the molecule is COc1ccc(S(=O)(=O)N(CC(C)C)C[C@H](O)[C@H](Cc2ccccc2)NC(=O)[C@H](C(C)C)N2CCN(Cc3cnc4ccccc4c3)C2=O)cc1. The molecule has 12 heteroatoms. The molecule has 0 bridgehead atoms. The van der Waals surface area contributed by atoms with E-state index in [1.54, 1.807) is 28.1 Å². The van der Waals surface area contributed by atoms with E-state index in [9.17, 15) is 23.1 Å². The summed E-state index contributed by atoms with van der Waals surface area (Å²) in [5, 5.41) is 15.8. The van der Waals surface area contributed by atoms with Crippen LogP contribution in [-0.4, -0.2) is 96.0 Å². The fraction of sp³-hybridized carbons (Fsp3) is 0.410. The van der Waals surface area contributed by atoms with E-state index >= 15 is 0 Å². The highest BCUT2D eigenvalue weighted by atomic mass is 32.2. The summed E-state index contributed by atoms with van der Waals surface area (Å²) in [6.07, 6.45) is 0.767. The van der Waals surface area contributed by atoms with Crippen LogP contribution in [-0.2, 0) is 27.8 Å². The first kappa shape index (κ1) is 37.7. The van der Waals surface area contributed by atoms with Crippen LogP contribution >= 0.6 is 0 Å². The molecule has 1 aliphatic rings. The second-order valence-corrected chi connectivity index (χ2v) is 15.8. The fourth-order valence-corrected chi connectivity index (χ4v) is 8.19. The maximum absolute atomic E-state index is 14.2. The number of urea groups is 1. The smallest absolute Gasteiger partial charge is 0.321 e. The molecule has 3 amide bonds. The van der Waals surface area contributed by atoms with Crippen molar-refractivity contribution in [3.05, 3.63) is 102 Å². The number of amides is 3. The Labute approximate surface area is 301 Å². The van der Waals surface area contributed by atoms with Gasteiger partial charge in [-0.05, 0) is 65.8 Å². The molecule has 1 aromatic heterocycles. The van der Waals surface area contributed by atoms with Crippen LogP contribution in [0.1, 0.15) is 38.8 Å².